The van der Waals surface area contributed by atoms with Gasteiger partial charge in [-0.05, 0) is 255 Å². The van der Waals surface area contributed by atoms with Gasteiger partial charge in [-0.2, -0.15) is 20.4 Å². The van der Waals surface area contributed by atoms with Gasteiger partial charge < -0.3 is 58.5 Å². The molecule has 44 heteroatoms. The summed E-state index contributed by atoms with van der Waals surface area (Å²) in [4.78, 5) is 84.8. The highest BCUT2D eigenvalue weighted by Gasteiger charge is 2.32. The van der Waals surface area contributed by atoms with Crippen LogP contribution in [0.3, 0.4) is 0 Å². The van der Waals surface area contributed by atoms with Crippen molar-refractivity contribution < 1.29 is 101 Å². The number of likely N-dealkylation sites (tertiary alicyclic amines) is 4. The van der Waals surface area contributed by atoms with E-state index in [1.54, 1.807) is 0 Å². The lowest BCUT2D eigenvalue weighted by molar-refractivity contribution is 0.297. The molecular weight excluding hydrogens is 1920 g/mol. The molecule has 4 aliphatic rings. The number of hydrogen-bond donors (Lipinski definition) is 8. The van der Waals surface area contributed by atoms with Gasteiger partial charge in [0.05, 0.1) is 91.0 Å². The van der Waals surface area contributed by atoms with Gasteiger partial charge in [-0.3, -0.25) is 37.9 Å². The van der Waals surface area contributed by atoms with E-state index in [0.717, 1.165) is 20.1 Å². The van der Waals surface area contributed by atoms with Gasteiger partial charge >= 0.3 is 0 Å². The molecule has 5 atom stereocenters. The number of aryl methyl sites for hydroxylation is 8. The Morgan fingerprint density at radius 3 is 0.938 bits per heavy atom. The fraction of sp³-hybridized carbons (Fsp3) is 0.560. The highest BCUT2D eigenvalue weighted by molar-refractivity contribution is 7.90. The number of fused-ring (bicyclic) bond motifs is 4. The van der Waals surface area contributed by atoms with E-state index in [4.69, 9.17) is 66.9 Å². The Kier molecular flexibility index (Phi) is 24.8. The second-order valence-corrected chi connectivity index (χ2v) is 41.0. The first kappa shape index (κ1) is 71.5. The quantitative estimate of drug-likeness (QED) is 0.0176. The molecule has 784 valence electrons. The Hall–Kier alpha value is -11.0. The number of hydrogen-bond acceptors (Lipinski definition) is 28. The molecule has 4 saturated heterocycles. The molecule has 0 amide bonds. The minimum atomic E-state index is -4.58. The summed E-state index contributed by atoms with van der Waals surface area (Å²) in [5.41, 5.74) is -3.97. The molecule has 8 aromatic heterocycles. The first-order valence-electron chi connectivity index (χ1n) is 64.6. The maximum absolute atomic E-state index is 13.5. The fourth-order valence-electron chi connectivity index (χ4n) is 16.7. The summed E-state index contributed by atoms with van der Waals surface area (Å²) in [6, 6.07) is 13.1. The highest BCUT2D eigenvalue weighted by atomic mass is 32.2. The van der Waals surface area contributed by atoms with Gasteiger partial charge in [0.1, 0.15) is 68.4 Å². The Bertz CT molecular complexity index is 8790. The fourth-order valence-corrected chi connectivity index (χ4v) is 20.6. The van der Waals surface area contributed by atoms with Crippen LogP contribution in [0.1, 0.15) is 254 Å². The molecule has 40 nitrogen and oxygen atoms in total. The van der Waals surface area contributed by atoms with Gasteiger partial charge in [0.2, 0.25) is 40.1 Å². The van der Waals surface area contributed by atoms with Crippen LogP contribution in [-0.4, -0.2) is 263 Å². The topological polar surface area (TPSA) is 489 Å². The maximum Gasteiger partial charge on any atom is 0.277 e. The van der Waals surface area contributed by atoms with Crippen molar-refractivity contribution in [3.8, 4) is 68.5 Å². The van der Waals surface area contributed by atoms with Crippen LogP contribution in [0.2, 0.25) is 0 Å². The van der Waals surface area contributed by atoms with Crippen LogP contribution in [0.25, 0.3) is 89.7 Å². The molecule has 4 fully saturated rings. The number of nitrogens with one attached hydrogen (secondary N) is 8. The smallest absolute Gasteiger partial charge is 0.277 e. The van der Waals surface area contributed by atoms with E-state index in [0.29, 0.717) is 102 Å². The number of H-pyrrole nitrogens is 4. The Morgan fingerprint density at radius 1 is 0.361 bits per heavy atom. The van der Waals surface area contributed by atoms with Crippen molar-refractivity contribution in [3.63, 3.8) is 0 Å². The number of rotatable bonds is 44. The van der Waals surface area contributed by atoms with Gasteiger partial charge in [-0.15, -0.1) is 0 Å². The van der Waals surface area contributed by atoms with Crippen LogP contribution in [0, 0.1) is 0 Å². The zero-order chi connectivity index (χ0) is 133. The van der Waals surface area contributed by atoms with Crippen molar-refractivity contribution in [3.05, 3.63) is 137 Å². The lowest BCUT2D eigenvalue weighted by Gasteiger charge is -2.19. The highest BCUT2D eigenvalue weighted by Crippen LogP contribution is 2.38. The number of benzene rings is 4. The second kappa shape index (κ2) is 49.9. The molecule has 8 N–H and O–H groups in total. The number of sulfonamides is 4. The molecule has 0 radical (unpaired) electrons. The Morgan fingerprint density at radius 2 is 0.639 bits per heavy atom. The van der Waals surface area contributed by atoms with E-state index in [2.05, 4.69) is 74.4 Å². The van der Waals surface area contributed by atoms with Crippen molar-refractivity contribution in [1.82, 2.24) is 117 Å². The predicted octanol–water partition coefficient (Wildman–Crippen LogP) is 11.3. The van der Waals surface area contributed by atoms with E-state index >= 15 is 0 Å². The van der Waals surface area contributed by atoms with Gasteiger partial charge in [-0.25, -0.2) is 72.5 Å². The lowest BCUT2D eigenvalue weighted by atomic mass is 10.1. The van der Waals surface area contributed by atoms with Crippen LogP contribution in [0.5, 0.6) is 23.0 Å². The van der Waals surface area contributed by atoms with Gasteiger partial charge in [0.25, 0.3) is 22.2 Å². The molecule has 12 heterocycles. The van der Waals surface area contributed by atoms with Crippen LogP contribution < -0.4 is 60.1 Å². The van der Waals surface area contributed by atoms with E-state index in [1.165, 1.54) is 119 Å². The zero-order valence-corrected chi connectivity index (χ0v) is 84.1. The third-order valence-corrected chi connectivity index (χ3v) is 29.3. The van der Waals surface area contributed by atoms with E-state index in [-0.39, 0.29) is 222 Å². The average molecular weight is 2100 g/mol. The predicted molar refractivity (Wildman–Crippen MR) is 559 cm³/mol. The number of ether oxygens (including phenoxy) is 4. The van der Waals surface area contributed by atoms with Crippen LogP contribution >= 0.6 is 0 Å². The molecule has 0 aliphatic carbocycles. The largest absolute Gasteiger partial charge is 0.493 e. The summed E-state index contributed by atoms with van der Waals surface area (Å²) in [7, 11) is -11.8. The van der Waals surface area contributed by atoms with Gasteiger partial charge in [0, 0.05) is 126 Å². The maximum atomic E-state index is 13.5. The molecule has 0 saturated carbocycles. The third kappa shape index (κ3) is 26.5. The summed E-state index contributed by atoms with van der Waals surface area (Å²) < 4.78 is 420. The Labute approximate surface area is 892 Å². The van der Waals surface area contributed by atoms with Crippen LogP contribution in [0.15, 0.2) is 112 Å². The van der Waals surface area contributed by atoms with Crippen molar-refractivity contribution in [2.75, 3.05) is 107 Å². The van der Waals surface area contributed by atoms with Crippen LogP contribution in [-0.2, 0) is 93.8 Å². The van der Waals surface area contributed by atoms with Crippen molar-refractivity contribution >= 4 is 84.2 Å². The zero-order valence-electron chi connectivity index (χ0n) is 116. The third-order valence-electron chi connectivity index (χ3n) is 23.9. The summed E-state index contributed by atoms with van der Waals surface area (Å²) in [5, 5.41) is 16.5. The first-order chi connectivity index (χ1) is 82.4. The molecule has 4 aromatic carbocycles. The monoisotopic (exact) mass is 2100 g/mol. The molecule has 0 spiro atoms. The number of aromatic nitrogens is 16. The molecule has 5 unspecified atom stereocenters. The molecule has 12 aromatic rings. The minimum absolute atomic E-state index is 0.00165. The van der Waals surface area contributed by atoms with Gasteiger partial charge in [0.15, 0.2) is 22.1 Å². The molecular formula is C100H144N24O16S4. The van der Waals surface area contributed by atoms with Crippen molar-refractivity contribution in [1.29, 1.82) is 0 Å². The minimum Gasteiger partial charge on any atom is -0.493 e. The molecule has 16 rings (SSSR count). The lowest BCUT2D eigenvalue weighted by Crippen LogP contribution is -2.31. The summed E-state index contributed by atoms with van der Waals surface area (Å²) in [5.74, 6) is 0.141. The van der Waals surface area contributed by atoms with E-state index < -0.39 is 205 Å². The normalized spacial score (nSPS) is 21.7. The van der Waals surface area contributed by atoms with E-state index in [9.17, 15) is 52.8 Å². The number of aromatic amines is 4. The summed E-state index contributed by atoms with van der Waals surface area (Å²) in [6.07, 6.45) is -4.04. The SMILES string of the molecule is [2H]C(CC1CCCN1C([2H])([2H])[2H])NS(=O)(=O)c1ccc(OCCC)c(-c2nc3c(C([2H])([2H])CC([2H])([2H])[2H])nn(C)c3c(=O)[nH]2)c1.[2H]C([2H])([2H])CC([2H])([2H])c1nn(C)c2c(=O)[nH]c(-c3cc(S(=O)(=O)NC([2H])([2H])CC4CCCN4C([2H])([2H])[2H])ccc3OCCC)nc12.[2H]C([2H])([2H])CC([2H])([2H])c1nn(C)c2c(=O)[nH]c(-c3cc(S(=O)(=O)NCCC4CCCN4C([2H])([2H])[2H])ccc3OCCC)nc12.[2H]C([2H])([2H])CCc1nn(C)c2c(=O)[nH]c(-c3cc(S(=O)(=O)NC([2H])([2H])CC4CCCN4C([2H])([2H])[2H])ccc3OCCC)nc12. The van der Waals surface area contributed by atoms with Crippen molar-refractivity contribution in [2.45, 2.75) is 253 Å². The summed E-state index contributed by atoms with van der Waals surface area (Å²) >= 11 is 0. The van der Waals surface area contributed by atoms with Crippen molar-refractivity contribution in [2.24, 2.45) is 28.2 Å². The molecule has 144 heavy (non-hydrogen) atoms. The van der Waals surface area contributed by atoms with E-state index in [1.807, 2.05) is 32.4 Å². The number of nitrogens with zero attached hydrogens (tertiary/aromatic N) is 16. The second-order valence-electron chi connectivity index (χ2n) is 34.2. The summed E-state index contributed by atoms with van der Waals surface area (Å²) in [6.45, 7) is -16.3. The average Bonchev–Trinajstić information content (AvgIpc) is 1.60. The molecule has 0 bridgehead atoms. The Balaban J connectivity index is 0.000000194. The standard InChI is InChI=1S/4C25H36N6O4S/c4*1-5-8-20-22-23(31(4)29-20)25(32)28-24(27-22)19-16-18(10-11-21(19)35-15-6-2)36(33,34)26-13-12-17-9-7-14-30(17)3/h4*10-11,16-17,26H,5-9,12-15H2,1-4H3,(H,27,28,32)/i1D3,3D3,8D2,13D2;1D3,3D3,8D2,13D;1D3,3D3,13D2;1D3,3D3,8D2. The molecule has 4 aliphatic heterocycles. The first-order valence-corrected chi connectivity index (χ1v) is 52.9. The van der Waals surface area contributed by atoms with Crippen LogP contribution in [0.4, 0.5) is 0 Å². The van der Waals surface area contributed by atoms with Gasteiger partial charge in [-0.1, -0.05) is 80.8 Å².